The molecule has 1 heterocycles. The number of para-hydroxylation sites is 1. The summed E-state index contributed by atoms with van der Waals surface area (Å²) in [5.41, 5.74) is 1.35. The quantitative estimate of drug-likeness (QED) is 0.674. The topological polar surface area (TPSA) is 54.5 Å². The van der Waals surface area contributed by atoms with E-state index in [0.717, 1.165) is 5.69 Å². The zero-order valence-electron chi connectivity index (χ0n) is 7.68. The molecule has 2 aromatic rings. The van der Waals surface area contributed by atoms with Crippen LogP contribution in [0.15, 0.2) is 30.6 Å². The fourth-order valence-corrected chi connectivity index (χ4v) is 1.23. The average molecular weight is 184 g/mol. The molecule has 1 aromatic heterocycles. The predicted octanol–water partition coefficient (Wildman–Crippen LogP) is 1.45. The third-order valence-corrected chi connectivity index (χ3v) is 1.88. The molecule has 0 radical (unpaired) electrons. The number of aryl methyl sites for hydroxylation is 1. The molecule has 1 aromatic carbocycles. The van der Waals surface area contributed by atoms with E-state index in [2.05, 4.69) is 16.2 Å². The molecule has 0 saturated carbocycles. The van der Waals surface area contributed by atoms with Crippen LogP contribution in [0.3, 0.4) is 0 Å². The Hall–Kier alpha value is -2.15. The normalized spacial score (nSPS) is 9.71. The van der Waals surface area contributed by atoms with Gasteiger partial charge in [-0.05, 0) is 19.1 Å². The first-order chi connectivity index (χ1) is 6.81. The molecule has 14 heavy (non-hydrogen) atoms. The molecule has 0 N–H and O–H groups in total. The molecule has 0 atom stereocenters. The van der Waals surface area contributed by atoms with Gasteiger partial charge in [-0.3, -0.25) is 0 Å². The highest BCUT2D eigenvalue weighted by atomic mass is 15.3. The van der Waals surface area contributed by atoms with Crippen LogP contribution in [0, 0.1) is 18.3 Å². The van der Waals surface area contributed by atoms with Crippen LogP contribution >= 0.6 is 0 Å². The second-order valence-electron chi connectivity index (χ2n) is 2.87. The molecular weight excluding hydrogens is 176 g/mol. The second kappa shape index (κ2) is 3.30. The van der Waals surface area contributed by atoms with Gasteiger partial charge in [-0.1, -0.05) is 12.1 Å². The van der Waals surface area contributed by atoms with Crippen LogP contribution in [-0.4, -0.2) is 14.8 Å². The summed E-state index contributed by atoms with van der Waals surface area (Å²) in [6, 6.07) is 9.40. The highest BCUT2D eigenvalue weighted by Gasteiger charge is 2.03. The molecule has 4 nitrogen and oxygen atoms in total. The molecular formula is C10H8N4. The molecule has 0 spiro atoms. The first kappa shape index (κ1) is 8.45. The molecule has 0 aliphatic heterocycles. The average Bonchev–Trinajstić information content (AvgIpc) is 2.65. The van der Waals surface area contributed by atoms with Gasteiger partial charge in [0.2, 0.25) is 0 Å². The second-order valence-corrected chi connectivity index (χ2v) is 2.87. The SMILES string of the molecule is Cc1ncn(-c2ccccc2C#N)n1. The van der Waals surface area contributed by atoms with Crippen LogP contribution in [-0.2, 0) is 0 Å². The van der Waals surface area contributed by atoms with E-state index in [1.807, 2.05) is 25.1 Å². The minimum atomic E-state index is 0.595. The molecule has 0 saturated heterocycles. The van der Waals surface area contributed by atoms with Gasteiger partial charge in [-0.2, -0.15) is 10.4 Å². The summed E-state index contributed by atoms with van der Waals surface area (Å²) < 4.78 is 1.61. The van der Waals surface area contributed by atoms with Gasteiger partial charge in [0, 0.05) is 0 Å². The Morgan fingerprint density at radius 1 is 1.36 bits per heavy atom. The van der Waals surface area contributed by atoms with Crippen LogP contribution in [0.1, 0.15) is 11.4 Å². The number of hydrogen-bond donors (Lipinski definition) is 0. The standard InChI is InChI=1S/C10H8N4/c1-8-12-7-14(13-8)10-5-3-2-4-9(10)6-11/h2-5,7H,1H3. The van der Waals surface area contributed by atoms with Crippen LogP contribution in [0.2, 0.25) is 0 Å². The van der Waals surface area contributed by atoms with E-state index < -0.39 is 0 Å². The van der Waals surface area contributed by atoms with Gasteiger partial charge in [-0.15, -0.1) is 0 Å². The Balaban J connectivity index is 2.57. The Morgan fingerprint density at radius 2 is 2.14 bits per heavy atom. The van der Waals surface area contributed by atoms with E-state index in [1.165, 1.54) is 0 Å². The van der Waals surface area contributed by atoms with Gasteiger partial charge >= 0.3 is 0 Å². The van der Waals surface area contributed by atoms with Crippen molar-refractivity contribution in [2.45, 2.75) is 6.92 Å². The van der Waals surface area contributed by atoms with Crippen LogP contribution < -0.4 is 0 Å². The number of aromatic nitrogens is 3. The first-order valence-corrected chi connectivity index (χ1v) is 4.19. The van der Waals surface area contributed by atoms with E-state index in [1.54, 1.807) is 17.1 Å². The molecule has 0 unspecified atom stereocenters. The zero-order chi connectivity index (χ0) is 9.97. The van der Waals surface area contributed by atoms with Crippen LogP contribution in [0.5, 0.6) is 0 Å². The number of nitrogens with zero attached hydrogens (tertiary/aromatic N) is 4. The molecule has 0 aliphatic rings. The van der Waals surface area contributed by atoms with Crippen molar-refractivity contribution in [3.05, 3.63) is 42.0 Å². The summed E-state index contributed by atoms with van der Waals surface area (Å²) >= 11 is 0. The molecule has 68 valence electrons. The van der Waals surface area contributed by atoms with E-state index >= 15 is 0 Å². The van der Waals surface area contributed by atoms with Crippen molar-refractivity contribution in [1.29, 1.82) is 5.26 Å². The molecule has 0 amide bonds. The summed E-state index contributed by atoms with van der Waals surface area (Å²) in [6.07, 6.45) is 1.60. The van der Waals surface area contributed by atoms with Crippen molar-refractivity contribution in [3.8, 4) is 11.8 Å². The predicted molar refractivity (Wildman–Crippen MR) is 50.8 cm³/mol. The largest absolute Gasteiger partial charge is 0.220 e. The maximum absolute atomic E-state index is 8.88. The lowest BCUT2D eigenvalue weighted by atomic mass is 10.2. The highest BCUT2D eigenvalue weighted by molar-refractivity contribution is 5.47. The Kier molecular flexibility index (Phi) is 1.99. The first-order valence-electron chi connectivity index (χ1n) is 4.19. The zero-order valence-corrected chi connectivity index (χ0v) is 7.68. The Bertz CT molecular complexity index is 493. The number of nitriles is 1. The highest BCUT2D eigenvalue weighted by Crippen LogP contribution is 2.11. The molecule has 0 bridgehead atoms. The molecule has 0 aliphatic carbocycles. The third kappa shape index (κ3) is 1.36. The van der Waals surface area contributed by atoms with Gasteiger partial charge in [0.05, 0.1) is 11.3 Å². The lowest BCUT2D eigenvalue weighted by molar-refractivity contribution is 0.860. The summed E-state index contributed by atoms with van der Waals surface area (Å²) in [4.78, 5) is 4.01. The minimum absolute atomic E-state index is 0.595. The molecule has 2 rings (SSSR count). The molecule has 0 fully saturated rings. The van der Waals surface area contributed by atoms with E-state index in [-0.39, 0.29) is 0 Å². The van der Waals surface area contributed by atoms with E-state index in [0.29, 0.717) is 11.4 Å². The Morgan fingerprint density at radius 3 is 2.79 bits per heavy atom. The van der Waals surface area contributed by atoms with E-state index in [9.17, 15) is 0 Å². The van der Waals surface area contributed by atoms with Gasteiger partial charge in [0.25, 0.3) is 0 Å². The number of hydrogen-bond acceptors (Lipinski definition) is 3. The fraction of sp³-hybridized carbons (Fsp3) is 0.100. The van der Waals surface area contributed by atoms with Crippen molar-refractivity contribution >= 4 is 0 Å². The lowest BCUT2D eigenvalue weighted by Crippen LogP contribution is -1.97. The lowest BCUT2D eigenvalue weighted by Gasteiger charge is -2.01. The monoisotopic (exact) mass is 184 g/mol. The van der Waals surface area contributed by atoms with Gasteiger partial charge in [-0.25, -0.2) is 9.67 Å². The number of benzene rings is 1. The van der Waals surface area contributed by atoms with Crippen molar-refractivity contribution in [1.82, 2.24) is 14.8 Å². The van der Waals surface area contributed by atoms with Crippen molar-refractivity contribution in [2.75, 3.05) is 0 Å². The molecule has 4 heteroatoms. The third-order valence-electron chi connectivity index (χ3n) is 1.88. The van der Waals surface area contributed by atoms with Crippen LogP contribution in [0.25, 0.3) is 5.69 Å². The summed E-state index contributed by atoms with van der Waals surface area (Å²) in [5.74, 6) is 0.692. The van der Waals surface area contributed by atoms with Crippen molar-refractivity contribution < 1.29 is 0 Å². The maximum Gasteiger partial charge on any atom is 0.147 e. The van der Waals surface area contributed by atoms with Crippen LogP contribution in [0.4, 0.5) is 0 Å². The number of rotatable bonds is 1. The minimum Gasteiger partial charge on any atom is -0.220 e. The smallest absolute Gasteiger partial charge is 0.147 e. The van der Waals surface area contributed by atoms with Crippen molar-refractivity contribution in [3.63, 3.8) is 0 Å². The van der Waals surface area contributed by atoms with Crippen molar-refractivity contribution in [2.24, 2.45) is 0 Å². The Labute approximate surface area is 81.4 Å². The summed E-state index contributed by atoms with van der Waals surface area (Å²) in [7, 11) is 0. The summed E-state index contributed by atoms with van der Waals surface area (Å²) in [6.45, 7) is 1.81. The van der Waals surface area contributed by atoms with Gasteiger partial charge in [0.15, 0.2) is 0 Å². The van der Waals surface area contributed by atoms with E-state index in [4.69, 9.17) is 5.26 Å². The van der Waals surface area contributed by atoms with Gasteiger partial charge in [0.1, 0.15) is 18.2 Å². The van der Waals surface area contributed by atoms with Gasteiger partial charge < -0.3 is 0 Å². The maximum atomic E-state index is 8.88. The fourth-order valence-electron chi connectivity index (χ4n) is 1.23. The summed E-state index contributed by atoms with van der Waals surface area (Å²) in [5, 5.41) is 13.0.